The summed E-state index contributed by atoms with van der Waals surface area (Å²) < 4.78 is 18.7. The van der Waals surface area contributed by atoms with Gasteiger partial charge in [0.1, 0.15) is 5.82 Å². The molecular weight excluding hydrogens is 311 g/mol. The highest BCUT2D eigenvalue weighted by atomic mass is 79.9. The zero-order valence-electron chi connectivity index (χ0n) is 10.4. The van der Waals surface area contributed by atoms with Crippen molar-refractivity contribution in [1.82, 2.24) is 0 Å². The highest BCUT2D eigenvalue weighted by Gasteiger charge is 2.06. The summed E-state index contributed by atoms with van der Waals surface area (Å²) in [5.41, 5.74) is 8.72. The maximum Gasteiger partial charge on any atom is 0.139 e. The topological polar surface area (TPSA) is 47.3 Å². The minimum absolute atomic E-state index is 0.359. The van der Waals surface area contributed by atoms with E-state index < -0.39 is 0 Å². The largest absolute Gasteiger partial charge is 0.397 e. The molecule has 0 radical (unpaired) electrons. The van der Waals surface area contributed by atoms with Gasteiger partial charge in [0.05, 0.1) is 22.5 Å². The lowest BCUT2D eigenvalue weighted by Gasteiger charge is -2.11. The number of methoxy groups -OCH3 is 1. The van der Waals surface area contributed by atoms with Gasteiger partial charge in [-0.1, -0.05) is 12.1 Å². The van der Waals surface area contributed by atoms with Crippen molar-refractivity contribution in [3.05, 3.63) is 52.3 Å². The van der Waals surface area contributed by atoms with E-state index in [1.165, 1.54) is 6.07 Å². The number of hydrogen-bond acceptors (Lipinski definition) is 3. The molecule has 5 heteroatoms. The molecule has 2 aromatic carbocycles. The minimum atomic E-state index is -0.379. The Morgan fingerprint density at radius 3 is 2.84 bits per heavy atom. The van der Waals surface area contributed by atoms with Gasteiger partial charge in [-0.3, -0.25) is 0 Å². The van der Waals surface area contributed by atoms with Crippen molar-refractivity contribution in [1.29, 1.82) is 0 Å². The number of nitrogens with two attached hydrogens (primary N) is 1. The van der Waals surface area contributed by atoms with Crippen molar-refractivity contribution in [2.24, 2.45) is 0 Å². The molecular formula is C14H14BrFN2O. The maximum absolute atomic E-state index is 13.3. The molecule has 2 aromatic rings. The molecule has 3 N–H and O–H groups in total. The molecule has 0 heterocycles. The van der Waals surface area contributed by atoms with E-state index in [0.29, 0.717) is 22.5 Å². The lowest BCUT2D eigenvalue weighted by atomic mass is 10.2. The van der Waals surface area contributed by atoms with Crippen LogP contribution in [0.15, 0.2) is 40.9 Å². The summed E-state index contributed by atoms with van der Waals surface area (Å²) in [7, 11) is 1.65. The number of anilines is 3. The number of hydrogen-bond donors (Lipinski definition) is 2. The molecule has 0 aromatic heterocycles. The molecule has 0 unspecified atom stereocenters. The van der Waals surface area contributed by atoms with E-state index >= 15 is 0 Å². The highest BCUT2D eigenvalue weighted by molar-refractivity contribution is 9.10. The van der Waals surface area contributed by atoms with Gasteiger partial charge in [-0.25, -0.2) is 4.39 Å². The van der Waals surface area contributed by atoms with Crippen molar-refractivity contribution in [3.63, 3.8) is 0 Å². The Bertz CT molecular complexity index is 590. The fourth-order valence-electron chi connectivity index (χ4n) is 1.73. The van der Waals surface area contributed by atoms with Crippen LogP contribution in [0.2, 0.25) is 0 Å². The van der Waals surface area contributed by atoms with Crippen LogP contribution >= 0.6 is 15.9 Å². The summed E-state index contributed by atoms with van der Waals surface area (Å²) in [6.45, 7) is 0.540. The quantitative estimate of drug-likeness (QED) is 0.834. The molecule has 0 saturated carbocycles. The SMILES string of the molecule is COCc1cccc(Nc2cc(Br)c(F)cc2N)c1. The van der Waals surface area contributed by atoms with Gasteiger partial charge in [-0.05, 0) is 39.7 Å². The molecule has 3 nitrogen and oxygen atoms in total. The molecule has 0 spiro atoms. The van der Waals surface area contributed by atoms with E-state index in [9.17, 15) is 4.39 Å². The van der Waals surface area contributed by atoms with Gasteiger partial charge in [0.2, 0.25) is 0 Å². The summed E-state index contributed by atoms with van der Waals surface area (Å²) in [6, 6.07) is 10.7. The van der Waals surface area contributed by atoms with E-state index in [1.54, 1.807) is 13.2 Å². The van der Waals surface area contributed by atoms with Gasteiger partial charge >= 0.3 is 0 Å². The van der Waals surface area contributed by atoms with Crippen LogP contribution in [-0.4, -0.2) is 7.11 Å². The Balaban J connectivity index is 2.25. The predicted octanol–water partition coefficient (Wildman–Crippen LogP) is 4.06. The molecule has 0 saturated heterocycles. The van der Waals surface area contributed by atoms with E-state index in [2.05, 4.69) is 21.2 Å². The van der Waals surface area contributed by atoms with Crippen LogP contribution in [0.25, 0.3) is 0 Å². The molecule has 0 amide bonds. The fraction of sp³-hybridized carbons (Fsp3) is 0.143. The van der Waals surface area contributed by atoms with Crippen LogP contribution in [0.5, 0.6) is 0 Å². The third-order valence-electron chi connectivity index (χ3n) is 2.61. The van der Waals surface area contributed by atoms with Gasteiger partial charge < -0.3 is 15.8 Å². The van der Waals surface area contributed by atoms with Crippen LogP contribution in [0.3, 0.4) is 0 Å². The predicted molar refractivity (Wildman–Crippen MR) is 79.0 cm³/mol. The Morgan fingerprint density at radius 1 is 1.32 bits per heavy atom. The molecule has 0 bridgehead atoms. The summed E-state index contributed by atoms with van der Waals surface area (Å²) in [6.07, 6.45) is 0. The molecule has 0 aliphatic carbocycles. The first-order valence-electron chi connectivity index (χ1n) is 5.69. The number of nitrogen functional groups attached to an aromatic ring is 1. The number of rotatable bonds is 4. The zero-order chi connectivity index (χ0) is 13.8. The monoisotopic (exact) mass is 324 g/mol. The molecule has 19 heavy (non-hydrogen) atoms. The second-order valence-corrected chi connectivity index (χ2v) is 4.97. The molecule has 0 aliphatic heterocycles. The van der Waals surface area contributed by atoms with Crippen LogP contribution in [0.1, 0.15) is 5.56 Å². The first-order chi connectivity index (χ1) is 9.10. The molecule has 0 aliphatic rings. The van der Waals surface area contributed by atoms with Crippen LogP contribution in [0, 0.1) is 5.82 Å². The van der Waals surface area contributed by atoms with Crippen molar-refractivity contribution in [3.8, 4) is 0 Å². The Kier molecular flexibility index (Phi) is 4.39. The van der Waals surface area contributed by atoms with Crippen molar-refractivity contribution in [2.45, 2.75) is 6.61 Å². The van der Waals surface area contributed by atoms with Crippen LogP contribution in [-0.2, 0) is 11.3 Å². The van der Waals surface area contributed by atoms with Gasteiger partial charge in [0.25, 0.3) is 0 Å². The number of halogens is 2. The lowest BCUT2D eigenvalue weighted by Crippen LogP contribution is -1.98. The van der Waals surface area contributed by atoms with E-state index in [1.807, 2.05) is 24.3 Å². The second kappa shape index (κ2) is 6.04. The molecule has 2 rings (SSSR count). The Morgan fingerprint density at radius 2 is 2.11 bits per heavy atom. The smallest absolute Gasteiger partial charge is 0.139 e. The van der Waals surface area contributed by atoms with Crippen LogP contribution in [0.4, 0.5) is 21.5 Å². The Hall–Kier alpha value is -1.59. The maximum atomic E-state index is 13.3. The third kappa shape index (κ3) is 3.45. The van der Waals surface area contributed by atoms with Gasteiger partial charge in [-0.2, -0.15) is 0 Å². The summed E-state index contributed by atoms with van der Waals surface area (Å²) in [5, 5.41) is 3.16. The number of nitrogens with one attached hydrogen (secondary N) is 1. The van der Waals surface area contributed by atoms with Gasteiger partial charge in [-0.15, -0.1) is 0 Å². The molecule has 100 valence electrons. The fourth-order valence-corrected chi connectivity index (χ4v) is 2.07. The molecule has 0 atom stereocenters. The van der Waals surface area contributed by atoms with Crippen molar-refractivity contribution < 1.29 is 9.13 Å². The van der Waals surface area contributed by atoms with Crippen molar-refractivity contribution >= 4 is 33.0 Å². The first-order valence-corrected chi connectivity index (χ1v) is 6.49. The highest BCUT2D eigenvalue weighted by Crippen LogP contribution is 2.29. The summed E-state index contributed by atoms with van der Waals surface area (Å²) >= 11 is 3.14. The number of ether oxygens (including phenoxy) is 1. The van der Waals surface area contributed by atoms with Crippen molar-refractivity contribution in [2.75, 3.05) is 18.2 Å². The summed E-state index contributed by atoms with van der Waals surface area (Å²) in [4.78, 5) is 0. The standard InChI is InChI=1S/C14H14BrFN2O/c1-19-8-9-3-2-4-10(5-9)18-14-6-11(15)12(16)7-13(14)17/h2-7,18H,8,17H2,1H3. The average Bonchev–Trinajstić information content (AvgIpc) is 2.37. The minimum Gasteiger partial charge on any atom is -0.397 e. The zero-order valence-corrected chi connectivity index (χ0v) is 12.0. The number of benzene rings is 2. The van der Waals surface area contributed by atoms with Gasteiger partial charge in [0.15, 0.2) is 0 Å². The van der Waals surface area contributed by atoms with E-state index in [0.717, 1.165) is 11.3 Å². The second-order valence-electron chi connectivity index (χ2n) is 4.11. The first kappa shape index (κ1) is 13.8. The van der Waals surface area contributed by atoms with Gasteiger partial charge in [0, 0.05) is 18.9 Å². The lowest BCUT2D eigenvalue weighted by molar-refractivity contribution is 0.185. The molecule has 0 fully saturated rings. The van der Waals surface area contributed by atoms with E-state index in [-0.39, 0.29) is 5.82 Å². The average molecular weight is 325 g/mol. The summed E-state index contributed by atoms with van der Waals surface area (Å²) in [5.74, 6) is -0.379. The van der Waals surface area contributed by atoms with E-state index in [4.69, 9.17) is 10.5 Å². The third-order valence-corrected chi connectivity index (χ3v) is 3.22. The normalized spacial score (nSPS) is 10.5. The van der Waals surface area contributed by atoms with Crippen LogP contribution < -0.4 is 11.1 Å². The Labute approximate surface area is 119 Å².